The average Bonchev–Trinajstić information content (AvgIpc) is 3.16. The van der Waals surface area contributed by atoms with Crippen molar-refractivity contribution in [2.75, 3.05) is 47.4 Å². The Balaban J connectivity index is 1.95. The number of amides is 1. The molecule has 0 spiro atoms. The van der Waals surface area contributed by atoms with Gasteiger partial charge in [-0.1, -0.05) is 13.8 Å². The van der Waals surface area contributed by atoms with Gasteiger partial charge in [0.25, 0.3) is 0 Å². The van der Waals surface area contributed by atoms with Gasteiger partial charge in [-0.15, -0.1) is 0 Å². The summed E-state index contributed by atoms with van der Waals surface area (Å²) in [6.45, 7) is 8.62. The minimum Gasteiger partial charge on any atom is -0.384 e. The van der Waals surface area contributed by atoms with Gasteiger partial charge in [-0.3, -0.25) is 9.89 Å². The number of hydrogen-bond acceptors (Lipinski definition) is 5. The van der Waals surface area contributed by atoms with Crippen molar-refractivity contribution in [3.63, 3.8) is 0 Å². The number of H-pyrrole nitrogens is 1. The molecule has 1 aromatic rings. The molecule has 7 nitrogen and oxygen atoms in total. The third-order valence-electron chi connectivity index (χ3n) is 5.86. The molecule has 0 bridgehead atoms. The smallest absolute Gasteiger partial charge is 0.225 e. The van der Waals surface area contributed by atoms with Crippen LogP contribution in [0.2, 0.25) is 0 Å². The van der Waals surface area contributed by atoms with Crippen molar-refractivity contribution in [2.45, 2.75) is 64.5 Å². The highest BCUT2D eigenvalue weighted by Crippen LogP contribution is 2.36. The maximum Gasteiger partial charge on any atom is 0.225 e. The number of nitrogens with one attached hydrogen (secondary N) is 2. The molecule has 0 atom stereocenters. The highest BCUT2D eigenvalue weighted by Gasteiger charge is 2.31. The van der Waals surface area contributed by atoms with Crippen LogP contribution in [0.3, 0.4) is 0 Å². The number of likely N-dealkylation sites (N-methyl/N-ethyl adjacent to an activating group) is 2. The minimum atomic E-state index is 0.232. The molecule has 2 N–H and O–H groups in total. The first-order chi connectivity index (χ1) is 14.0. The summed E-state index contributed by atoms with van der Waals surface area (Å²) in [5.41, 5.74) is 2.53. The van der Waals surface area contributed by atoms with Gasteiger partial charge in [0.05, 0.1) is 18.7 Å². The van der Waals surface area contributed by atoms with E-state index < -0.39 is 0 Å². The van der Waals surface area contributed by atoms with E-state index in [9.17, 15) is 4.79 Å². The molecule has 1 amide bonds. The van der Waals surface area contributed by atoms with Crippen molar-refractivity contribution in [3.8, 4) is 0 Å². The standard InChI is InChI=1S/C22H41N5O2/c1-17(2)15-27(21(28)10-13-29-5)20-8-6-18(7-9-20)22-19(14-24-25-22)16-26(4)12-11-23-3/h14,17-18,20,23H,6-13,15-16H2,1-5H3,(H,24,25). The number of rotatable bonds is 12. The third kappa shape index (κ3) is 7.39. The van der Waals surface area contributed by atoms with E-state index in [1.54, 1.807) is 7.11 Å². The maximum atomic E-state index is 12.7. The second-order valence-corrected chi connectivity index (χ2v) is 8.83. The first-order valence-electron chi connectivity index (χ1n) is 11.1. The summed E-state index contributed by atoms with van der Waals surface area (Å²) in [4.78, 5) is 17.2. The summed E-state index contributed by atoms with van der Waals surface area (Å²) < 4.78 is 5.12. The Labute approximate surface area is 176 Å². The first kappa shape index (κ1) is 23.8. The molecule has 0 unspecified atom stereocenters. The zero-order chi connectivity index (χ0) is 21.2. The molecule has 0 aliphatic heterocycles. The number of ether oxygens (including phenoxy) is 1. The lowest BCUT2D eigenvalue weighted by Crippen LogP contribution is -2.44. The molecule has 1 heterocycles. The van der Waals surface area contributed by atoms with Gasteiger partial charge in [0.2, 0.25) is 5.91 Å². The zero-order valence-corrected chi connectivity index (χ0v) is 19.0. The van der Waals surface area contributed by atoms with E-state index in [4.69, 9.17) is 4.74 Å². The van der Waals surface area contributed by atoms with Gasteiger partial charge in [0.15, 0.2) is 0 Å². The van der Waals surface area contributed by atoms with Crippen LogP contribution >= 0.6 is 0 Å². The van der Waals surface area contributed by atoms with E-state index in [-0.39, 0.29) is 5.91 Å². The number of carbonyl (C=O) groups is 1. The molecular weight excluding hydrogens is 366 g/mol. The summed E-state index contributed by atoms with van der Waals surface area (Å²) in [5.74, 6) is 1.20. The fourth-order valence-electron chi connectivity index (χ4n) is 4.32. The summed E-state index contributed by atoms with van der Waals surface area (Å²) >= 11 is 0. The molecule has 1 aromatic heterocycles. The molecule has 2 rings (SSSR count). The molecule has 166 valence electrons. The summed E-state index contributed by atoms with van der Waals surface area (Å²) in [5, 5.41) is 10.9. The van der Waals surface area contributed by atoms with Crippen molar-refractivity contribution >= 4 is 5.91 Å². The summed E-state index contributed by atoms with van der Waals surface area (Å²) in [7, 11) is 5.79. The van der Waals surface area contributed by atoms with Crippen LogP contribution in [0.1, 0.15) is 63.1 Å². The summed E-state index contributed by atoms with van der Waals surface area (Å²) in [6.07, 6.45) is 6.82. The fraction of sp³-hybridized carbons (Fsp3) is 0.818. The number of methoxy groups -OCH3 is 1. The topological polar surface area (TPSA) is 73.5 Å². The van der Waals surface area contributed by atoms with Gasteiger partial charge >= 0.3 is 0 Å². The van der Waals surface area contributed by atoms with E-state index in [1.165, 1.54) is 11.3 Å². The Morgan fingerprint density at radius 3 is 2.69 bits per heavy atom. The Hall–Kier alpha value is -1.44. The van der Waals surface area contributed by atoms with Crippen LogP contribution < -0.4 is 5.32 Å². The van der Waals surface area contributed by atoms with E-state index >= 15 is 0 Å². The van der Waals surface area contributed by atoms with Gasteiger partial charge < -0.3 is 19.9 Å². The number of hydrogen-bond donors (Lipinski definition) is 2. The van der Waals surface area contributed by atoms with E-state index in [0.29, 0.717) is 30.9 Å². The van der Waals surface area contributed by atoms with Crippen molar-refractivity contribution < 1.29 is 9.53 Å². The maximum absolute atomic E-state index is 12.7. The molecule has 0 saturated heterocycles. The van der Waals surface area contributed by atoms with Crippen LogP contribution in [0.15, 0.2) is 6.20 Å². The van der Waals surface area contributed by atoms with Crippen LogP contribution in [0.4, 0.5) is 0 Å². The lowest BCUT2D eigenvalue weighted by molar-refractivity contribution is -0.135. The van der Waals surface area contributed by atoms with Crippen LogP contribution in [0.25, 0.3) is 0 Å². The van der Waals surface area contributed by atoms with Gasteiger partial charge in [-0.25, -0.2) is 0 Å². The normalized spacial score (nSPS) is 19.8. The lowest BCUT2D eigenvalue weighted by Gasteiger charge is -2.38. The molecule has 1 aliphatic rings. The number of carbonyl (C=O) groups excluding carboxylic acids is 1. The number of aromatic amines is 1. The SMILES string of the molecule is CNCCN(C)Cc1c[nH]nc1C1CCC(N(CC(C)C)C(=O)CCOC)CC1. The monoisotopic (exact) mass is 407 g/mol. The van der Waals surface area contributed by atoms with Gasteiger partial charge in [0.1, 0.15) is 0 Å². The molecule has 0 radical (unpaired) electrons. The van der Waals surface area contributed by atoms with E-state index in [2.05, 4.69) is 52.4 Å². The molecule has 0 aromatic carbocycles. The molecule has 1 saturated carbocycles. The molecule has 1 aliphatic carbocycles. The van der Waals surface area contributed by atoms with Crippen LogP contribution in [-0.4, -0.2) is 79.4 Å². The number of aromatic nitrogens is 2. The fourth-order valence-corrected chi connectivity index (χ4v) is 4.32. The Morgan fingerprint density at radius 2 is 2.07 bits per heavy atom. The molecule has 29 heavy (non-hydrogen) atoms. The van der Waals surface area contributed by atoms with Crippen molar-refractivity contribution in [1.82, 2.24) is 25.3 Å². The predicted molar refractivity (Wildman–Crippen MR) is 117 cm³/mol. The van der Waals surface area contributed by atoms with Crippen LogP contribution in [-0.2, 0) is 16.1 Å². The van der Waals surface area contributed by atoms with Gasteiger partial charge in [-0.05, 0) is 45.7 Å². The zero-order valence-electron chi connectivity index (χ0n) is 19.0. The molecule has 1 fully saturated rings. The average molecular weight is 408 g/mol. The van der Waals surface area contributed by atoms with Gasteiger partial charge in [0, 0.05) is 57.0 Å². The largest absolute Gasteiger partial charge is 0.384 e. The first-order valence-corrected chi connectivity index (χ1v) is 11.1. The van der Waals surface area contributed by atoms with Crippen LogP contribution in [0, 0.1) is 5.92 Å². The highest BCUT2D eigenvalue weighted by molar-refractivity contribution is 5.76. The minimum absolute atomic E-state index is 0.232. The molecule has 7 heteroatoms. The Bertz CT molecular complexity index is 596. The second kappa shape index (κ2) is 12.3. The van der Waals surface area contributed by atoms with E-state index in [0.717, 1.165) is 51.9 Å². The van der Waals surface area contributed by atoms with Crippen molar-refractivity contribution in [2.24, 2.45) is 5.92 Å². The molecular formula is C22H41N5O2. The third-order valence-corrected chi connectivity index (χ3v) is 5.86. The van der Waals surface area contributed by atoms with E-state index in [1.807, 2.05) is 7.05 Å². The summed E-state index contributed by atoms with van der Waals surface area (Å²) in [6, 6.07) is 0.346. The Kier molecular flexibility index (Phi) is 10.1. The quantitative estimate of drug-likeness (QED) is 0.557. The lowest BCUT2D eigenvalue weighted by atomic mass is 9.82. The number of nitrogens with zero attached hydrogens (tertiary/aromatic N) is 3. The Morgan fingerprint density at radius 1 is 1.34 bits per heavy atom. The highest BCUT2D eigenvalue weighted by atomic mass is 16.5. The second-order valence-electron chi connectivity index (χ2n) is 8.83. The van der Waals surface area contributed by atoms with Crippen LogP contribution in [0.5, 0.6) is 0 Å². The predicted octanol–water partition coefficient (Wildman–Crippen LogP) is 2.61. The van der Waals surface area contributed by atoms with Crippen molar-refractivity contribution in [1.29, 1.82) is 0 Å². The van der Waals surface area contributed by atoms with Gasteiger partial charge in [-0.2, -0.15) is 5.10 Å². The van der Waals surface area contributed by atoms with Crippen molar-refractivity contribution in [3.05, 3.63) is 17.5 Å².